The molecular weight excluding hydrogens is 993 g/mol. The maximum absolute atomic E-state index is 2.35. The average molecular weight is 1050 g/mol. The molecule has 13 aromatic carbocycles. The Kier molecular flexibility index (Phi) is 14.5. The van der Waals surface area contributed by atoms with E-state index in [4.69, 9.17) is 0 Å². The van der Waals surface area contributed by atoms with Gasteiger partial charge in [0.05, 0.1) is 0 Å². The summed E-state index contributed by atoms with van der Waals surface area (Å²) < 4.78 is 0. The van der Waals surface area contributed by atoms with Gasteiger partial charge < -0.3 is 19.6 Å². The summed E-state index contributed by atoms with van der Waals surface area (Å²) in [6.07, 6.45) is 0. The van der Waals surface area contributed by atoms with Gasteiger partial charge in [0.2, 0.25) is 0 Å². The Morgan fingerprint density at radius 2 is 0.207 bits per heavy atom. The molecule has 0 fully saturated rings. The van der Waals surface area contributed by atoms with Gasteiger partial charge in [0.25, 0.3) is 0 Å². The number of nitrogens with zero attached hydrogens (tertiary/aromatic N) is 4. The fraction of sp³-hybridized carbons (Fsp3) is 0. The van der Waals surface area contributed by atoms with Crippen LogP contribution in [0.4, 0.5) is 68.2 Å². The van der Waals surface area contributed by atoms with E-state index in [-0.39, 0.29) is 0 Å². The van der Waals surface area contributed by atoms with Gasteiger partial charge in [-0.2, -0.15) is 0 Å². The predicted octanol–water partition coefficient (Wildman–Crippen LogP) is 22.2. The van der Waals surface area contributed by atoms with Gasteiger partial charge in [-0.05, 0) is 190 Å². The summed E-state index contributed by atoms with van der Waals surface area (Å²) in [6.45, 7) is 0. The van der Waals surface area contributed by atoms with Crippen LogP contribution in [-0.4, -0.2) is 0 Å². The highest BCUT2D eigenvalue weighted by Gasteiger charge is 2.19. The highest BCUT2D eigenvalue weighted by Crippen LogP contribution is 2.43. The first-order valence-corrected chi connectivity index (χ1v) is 27.9. The molecule has 13 rings (SSSR count). The van der Waals surface area contributed by atoms with Gasteiger partial charge in [0.15, 0.2) is 0 Å². The van der Waals surface area contributed by atoms with Gasteiger partial charge in [0, 0.05) is 68.2 Å². The molecule has 0 N–H and O–H groups in total. The molecule has 0 amide bonds. The summed E-state index contributed by atoms with van der Waals surface area (Å²) >= 11 is 0. The van der Waals surface area contributed by atoms with E-state index in [9.17, 15) is 0 Å². The van der Waals surface area contributed by atoms with Crippen molar-refractivity contribution in [3.8, 4) is 44.5 Å². The summed E-state index contributed by atoms with van der Waals surface area (Å²) in [5.74, 6) is 0. The lowest BCUT2D eigenvalue weighted by atomic mass is 10.00. The van der Waals surface area contributed by atoms with Crippen LogP contribution in [0.5, 0.6) is 0 Å². The minimum atomic E-state index is 1.06. The van der Waals surface area contributed by atoms with Crippen LogP contribution in [0.3, 0.4) is 0 Å². The van der Waals surface area contributed by atoms with Crippen molar-refractivity contribution in [1.29, 1.82) is 0 Å². The van der Waals surface area contributed by atoms with Crippen LogP contribution in [0.2, 0.25) is 0 Å². The second-order valence-electron chi connectivity index (χ2n) is 20.2. The molecule has 0 saturated heterocycles. The largest absolute Gasteiger partial charge is 0.311 e. The number of anilines is 12. The number of para-hydroxylation sites is 4. The van der Waals surface area contributed by atoms with Crippen LogP contribution in [0.25, 0.3) is 44.5 Å². The Morgan fingerprint density at radius 3 is 0.378 bits per heavy atom. The van der Waals surface area contributed by atoms with E-state index >= 15 is 0 Å². The van der Waals surface area contributed by atoms with Crippen molar-refractivity contribution in [1.82, 2.24) is 0 Å². The molecule has 0 aliphatic carbocycles. The molecule has 0 atom stereocenters. The Hall–Kier alpha value is -10.9. The standard InChI is InChI=1S/C78H58N4/c1-7-19-59(20-8-1)61-31-33-62(34-32-61)64-37-45-72(46-38-64)82(78-57-53-76(54-58-78)80(69-27-15-5-16-28-69)70-29-17-6-18-30-70)74-49-41-66(42-50-74)65-39-47-73(48-40-65)81(71-43-35-63(36-44-71)60-21-9-2-10-22-60)77-55-51-75(52-56-77)79(67-23-11-3-12-24-67)68-25-13-4-14-26-68/h1-58H. The molecule has 0 radical (unpaired) electrons. The SMILES string of the molecule is c1ccc(-c2ccc(-c3ccc(N(c4ccc(-c5ccc(N(c6ccc(-c7ccccc7)cc6)c6ccc(N(c7ccccc7)c7ccccc7)cc6)cc5)cc4)c4ccc(N(c5ccccc5)c5ccccc5)cc4)cc3)cc2)cc1. The fourth-order valence-electron chi connectivity index (χ4n) is 10.9. The molecule has 13 aromatic rings. The number of rotatable bonds is 16. The van der Waals surface area contributed by atoms with E-state index in [0.717, 1.165) is 84.9 Å². The first kappa shape index (κ1) is 50.6. The van der Waals surface area contributed by atoms with Crippen molar-refractivity contribution >= 4 is 68.2 Å². The molecular formula is C78H58N4. The molecule has 0 unspecified atom stereocenters. The Morgan fingerprint density at radius 1 is 0.0976 bits per heavy atom. The topological polar surface area (TPSA) is 13.0 Å². The van der Waals surface area contributed by atoms with Gasteiger partial charge >= 0.3 is 0 Å². The van der Waals surface area contributed by atoms with Gasteiger partial charge in [-0.15, -0.1) is 0 Å². The van der Waals surface area contributed by atoms with Crippen LogP contribution in [0, 0.1) is 0 Å². The lowest BCUT2D eigenvalue weighted by molar-refractivity contribution is 1.25. The zero-order valence-corrected chi connectivity index (χ0v) is 45.3. The molecule has 0 saturated carbocycles. The predicted molar refractivity (Wildman–Crippen MR) is 347 cm³/mol. The smallest absolute Gasteiger partial charge is 0.0463 e. The fourth-order valence-corrected chi connectivity index (χ4v) is 10.9. The van der Waals surface area contributed by atoms with E-state index in [1.54, 1.807) is 0 Å². The molecule has 0 heterocycles. The van der Waals surface area contributed by atoms with E-state index in [1.807, 2.05) is 0 Å². The quantitative estimate of drug-likeness (QED) is 0.0956. The van der Waals surface area contributed by atoms with Gasteiger partial charge in [-0.1, -0.05) is 206 Å². The molecule has 0 bridgehead atoms. The maximum atomic E-state index is 2.35. The highest BCUT2D eigenvalue weighted by molar-refractivity contribution is 5.86. The molecule has 0 spiro atoms. The second kappa shape index (κ2) is 23.6. The van der Waals surface area contributed by atoms with Crippen molar-refractivity contribution in [2.45, 2.75) is 0 Å². The van der Waals surface area contributed by atoms with Crippen LogP contribution >= 0.6 is 0 Å². The van der Waals surface area contributed by atoms with Crippen LogP contribution in [-0.2, 0) is 0 Å². The normalized spacial score (nSPS) is 10.9. The first-order valence-electron chi connectivity index (χ1n) is 27.9. The van der Waals surface area contributed by atoms with Crippen LogP contribution in [0.15, 0.2) is 352 Å². The van der Waals surface area contributed by atoms with E-state index in [1.165, 1.54) is 27.8 Å². The first-order chi connectivity index (χ1) is 40.7. The third kappa shape index (κ3) is 10.9. The van der Waals surface area contributed by atoms with E-state index in [0.29, 0.717) is 0 Å². The van der Waals surface area contributed by atoms with Gasteiger partial charge in [-0.25, -0.2) is 0 Å². The van der Waals surface area contributed by atoms with Gasteiger partial charge in [0.1, 0.15) is 0 Å². The van der Waals surface area contributed by atoms with Crippen molar-refractivity contribution in [3.63, 3.8) is 0 Å². The monoisotopic (exact) mass is 1050 g/mol. The number of benzene rings is 13. The number of hydrogen-bond acceptors (Lipinski definition) is 4. The maximum Gasteiger partial charge on any atom is 0.0463 e. The summed E-state index contributed by atoms with van der Waals surface area (Å²) in [7, 11) is 0. The second-order valence-corrected chi connectivity index (χ2v) is 20.2. The summed E-state index contributed by atoms with van der Waals surface area (Å²) in [5.41, 5.74) is 22.3. The van der Waals surface area contributed by atoms with Crippen molar-refractivity contribution < 1.29 is 0 Å². The lowest BCUT2D eigenvalue weighted by Gasteiger charge is -2.29. The van der Waals surface area contributed by atoms with Crippen molar-refractivity contribution in [3.05, 3.63) is 352 Å². The van der Waals surface area contributed by atoms with Crippen LogP contribution in [0.1, 0.15) is 0 Å². The molecule has 82 heavy (non-hydrogen) atoms. The molecule has 0 aliphatic heterocycles. The molecule has 4 heteroatoms. The highest BCUT2D eigenvalue weighted by atomic mass is 15.2. The minimum Gasteiger partial charge on any atom is -0.311 e. The number of hydrogen-bond donors (Lipinski definition) is 0. The van der Waals surface area contributed by atoms with E-state index < -0.39 is 0 Å². The molecule has 0 aliphatic rings. The average Bonchev–Trinajstić information content (AvgIpc) is 3.67. The summed E-state index contributed by atoms with van der Waals surface area (Å²) in [6, 6.07) is 126. The zero-order valence-electron chi connectivity index (χ0n) is 45.3. The van der Waals surface area contributed by atoms with Crippen molar-refractivity contribution in [2.75, 3.05) is 19.6 Å². The molecule has 0 aromatic heterocycles. The molecule has 4 nitrogen and oxygen atoms in total. The Labute approximate surface area is 481 Å². The minimum absolute atomic E-state index is 1.06. The molecule has 390 valence electrons. The van der Waals surface area contributed by atoms with E-state index in [2.05, 4.69) is 371 Å². The van der Waals surface area contributed by atoms with Crippen LogP contribution < -0.4 is 19.6 Å². The van der Waals surface area contributed by atoms with Crippen molar-refractivity contribution in [2.24, 2.45) is 0 Å². The third-order valence-corrected chi connectivity index (χ3v) is 15.1. The zero-order chi connectivity index (χ0) is 54.9. The lowest BCUT2D eigenvalue weighted by Crippen LogP contribution is -2.12. The summed E-state index contributed by atoms with van der Waals surface area (Å²) in [5, 5.41) is 0. The Balaban J connectivity index is 0.824. The Bertz CT molecular complexity index is 4030. The third-order valence-electron chi connectivity index (χ3n) is 15.1. The summed E-state index contributed by atoms with van der Waals surface area (Å²) in [4.78, 5) is 9.29. The van der Waals surface area contributed by atoms with Gasteiger partial charge in [-0.3, -0.25) is 0 Å².